The van der Waals surface area contributed by atoms with Gasteiger partial charge in [-0.1, -0.05) is 24.6 Å². The lowest BCUT2D eigenvalue weighted by molar-refractivity contribution is -0.114. The third-order valence-corrected chi connectivity index (χ3v) is 8.78. The van der Waals surface area contributed by atoms with Crippen molar-refractivity contribution in [1.29, 1.82) is 0 Å². The zero-order chi connectivity index (χ0) is 25.1. The Morgan fingerprint density at radius 1 is 1.23 bits per heavy atom. The standard InChI is InChI=1S/C27H35N3O5/c1-26-13-22(31)17-11-20-23(32)24(33)21(30(2)3)12-27(20,35)9-8-16(17)18(26)6-7-19(26)25(34)29-15-5-4-10-28-14-15/h4-5,7,10-11,14,18,21-24,31-33,35H,6,8-9,12-13H2,1-3H3,(H,29,34). The third-order valence-electron chi connectivity index (χ3n) is 8.78. The van der Waals surface area contributed by atoms with Crippen molar-refractivity contribution < 1.29 is 25.2 Å². The number of aliphatic hydroxyl groups excluding tert-OH is 3. The van der Waals surface area contributed by atoms with Crippen molar-refractivity contribution in [3.63, 3.8) is 0 Å². The second-order valence-corrected chi connectivity index (χ2v) is 11.0. The maximum absolute atomic E-state index is 13.2. The van der Waals surface area contributed by atoms with Crippen LogP contribution in [0.5, 0.6) is 0 Å². The molecule has 4 aliphatic rings. The molecule has 0 bridgehead atoms. The topological polar surface area (TPSA) is 126 Å². The van der Waals surface area contributed by atoms with Crippen LogP contribution >= 0.6 is 0 Å². The molecule has 1 fully saturated rings. The molecule has 0 aromatic carbocycles. The van der Waals surface area contributed by atoms with Crippen molar-refractivity contribution in [1.82, 2.24) is 9.88 Å². The van der Waals surface area contributed by atoms with Crippen molar-refractivity contribution in [2.24, 2.45) is 11.3 Å². The highest BCUT2D eigenvalue weighted by molar-refractivity contribution is 6.05. The largest absolute Gasteiger partial charge is 0.388 e. The molecule has 0 spiro atoms. The highest BCUT2D eigenvalue weighted by atomic mass is 16.3. The first-order chi connectivity index (χ1) is 16.5. The molecule has 0 saturated heterocycles. The molecule has 7 unspecified atom stereocenters. The van der Waals surface area contributed by atoms with Crippen LogP contribution in [0.3, 0.4) is 0 Å². The van der Waals surface area contributed by atoms with E-state index in [-0.39, 0.29) is 17.9 Å². The Bertz CT molecular complexity index is 1110. The maximum Gasteiger partial charge on any atom is 0.251 e. The first kappa shape index (κ1) is 24.3. The van der Waals surface area contributed by atoms with Crippen LogP contribution in [0, 0.1) is 11.3 Å². The van der Waals surface area contributed by atoms with Gasteiger partial charge in [-0.25, -0.2) is 0 Å². The summed E-state index contributed by atoms with van der Waals surface area (Å²) in [5, 5.41) is 47.6. The van der Waals surface area contributed by atoms with Gasteiger partial charge in [0, 0.05) is 23.2 Å². The van der Waals surface area contributed by atoms with Gasteiger partial charge < -0.3 is 30.6 Å². The summed E-state index contributed by atoms with van der Waals surface area (Å²) >= 11 is 0. The summed E-state index contributed by atoms with van der Waals surface area (Å²) in [6, 6.07) is 3.17. The molecule has 7 atom stereocenters. The van der Waals surface area contributed by atoms with Crippen molar-refractivity contribution >= 4 is 11.6 Å². The first-order valence-electron chi connectivity index (χ1n) is 12.3. The number of rotatable bonds is 3. The maximum atomic E-state index is 13.2. The zero-order valence-electron chi connectivity index (χ0n) is 20.5. The highest BCUT2D eigenvalue weighted by Gasteiger charge is 2.54. The monoisotopic (exact) mass is 481 g/mol. The number of hydrogen-bond donors (Lipinski definition) is 5. The molecule has 1 amide bonds. The van der Waals surface area contributed by atoms with Gasteiger partial charge in [-0.05, 0) is 75.4 Å². The van der Waals surface area contributed by atoms with Crippen LogP contribution in [0.15, 0.2) is 59.0 Å². The van der Waals surface area contributed by atoms with Crippen molar-refractivity contribution in [2.75, 3.05) is 19.4 Å². The van der Waals surface area contributed by atoms with E-state index in [0.717, 1.165) is 11.1 Å². The molecule has 8 heteroatoms. The summed E-state index contributed by atoms with van der Waals surface area (Å²) in [5.74, 6) is -0.172. The smallest absolute Gasteiger partial charge is 0.251 e. The molecule has 1 aromatic rings. The number of allylic oxidation sites excluding steroid dienone is 2. The van der Waals surface area contributed by atoms with E-state index in [1.807, 2.05) is 32.0 Å². The van der Waals surface area contributed by atoms with Gasteiger partial charge in [0.05, 0.1) is 29.7 Å². The van der Waals surface area contributed by atoms with Gasteiger partial charge in [0.25, 0.3) is 5.91 Å². The van der Waals surface area contributed by atoms with E-state index < -0.39 is 29.3 Å². The zero-order valence-corrected chi connectivity index (χ0v) is 20.5. The molecule has 35 heavy (non-hydrogen) atoms. The van der Waals surface area contributed by atoms with Crippen LogP contribution in [0.4, 0.5) is 5.69 Å². The lowest BCUT2D eigenvalue weighted by Gasteiger charge is -2.46. The Morgan fingerprint density at radius 2 is 2.00 bits per heavy atom. The van der Waals surface area contributed by atoms with Crippen LogP contribution in [-0.2, 0) is 4.79 Å². The number of aliphatic hydroxyl groups is 4. The van der Waals surface area contributed by atoms with E-state index in [1.165, 1.54) is 0 Å². The molecule has 4 aliphatic carbocycles. The normalized spacial score (nSPS) is 38.7. The number of hydrogen-bond acceptors (Lipinski definition) is 7. The van der Waals surface area contributed by atoms with Gasteiger partial charge in [-0.3, -0.25) is 9.78 Å². The summed E-state index contributed by atoms with van der Waals surface area (Å²) in [5.41, 5.74) is 1.60. The van der Waals surface area contributed by atoms with E-state index in [4.69, 9.17) is 0 Å². The SMILES string of the molecule is CN(C)C1CC2(O)CCC3=C(C=C2C(O)C1O)C(O)CC1(C)C(C(=O)Nc2cccnc2)=CCC31. The number of nitrogens with zero attached hydrogens (tertiary/aromatic N) is 2. The third kappa shape index (κ3) is 3.88. The van der Waals surface area contributed by atoms with Gasteiger partial charge >= 0.3 is 0 Å². The fraction of sp³-hybridized carbons (Fsp3) is 0.556. The average Bonchev–Trinajstić information content (AvgIpc) is 3.06. The Balaban J connectivity index is 1.46. The van der Waals surface area contributed by atoms with Crippen molar-refractivity contribution in [2.45, 2.75) is 69.0 Å². The number of anilines is 1. The van der Waals surface area contributed by atoms with Crippen molar-refractivity contribution in [3.8, 4) is 0 Å². The number of nitrogens with one attached hydrogen (secondary N) is 1. The lowest BCUT2D eigenvalue weighted by Crippen LogP contribution is -2.58. The fourth-order valence-electron chi connectivity index (χ4n) is 6.83. The lowest BCUT2D eigenvalue weighted by atomic mass is 9.62. The van der Waals surface area contributed by atoms with Crippen LogP contribution < -0.4 is 5.32 Å². The molecule has 0 radical (unpaired) electrons. The number of pyridine rings is 1. The van der Waals surface area contributed by atoms with Gasteiger partial charge in [0.1, 0.15) is 6.10 Å². The molecular weight excluding hydrogens is 446 g/mol. The summed E-state index contributed by atoms with van der Waals surface area (Å²) in [6.07, 6.45) is 6.16. The van der Waals surface area contributed by atoms with Crippen LogP contribution in [0.25, 0.3) is 0 Å². The van der Waals surface area contributed by atoms with Gasteiger partial charge in [0.2, 0.25) is 0 Å². The van der Waals surface area contributed by atoms with E-state index in [0.29, 0.717) is 48.9 Å². The highest BCUT2D eigenvalue weighted by Crippen LogP contribution is 2.57. The van der Waals surface area contributed by atoms with Gasteiger partial charge in [0.15, 0.2) is 0 Å². The second kappa shape index (κ2) is 8.64. The summed E-state index contributed by atoms with van der Waals surface area (Å²) in [6.45, 7) is 2.03. The van der Waals surface area contributed by atoms with Crippen LogP contribution in [-0.4, -0.2) is 80.3 Å². The summed E-state index contributed by atoms with van der Waals surface area (Å²) in [7, 11) is 3.66. The second-order valence-electron chi connectivity index (χ2n) is 11.0. The Labute approximate surface area is 205 Å². The molecule has 188 valence electrons. The number of amides is 1. The quantitative estimate of drug-likeness (QED) is 0.443. The number of fused-ring (bicyclic) bond motifs is 3. The predicted octanol–water partition coefficient (Wildman–Crippen LogP) is 1.54. The van der Waals surface area contributed by atoms with E-state index in [2.05, 4.69) is 10.3 Å². The predicted molar refractivity (Wildman–Crippen MR) is 131 cm³/mol. The Kier molecular flexibility index (Phi) is 6.01. The Hall–Kier alpha value is -2.36. The van der Waals surface area contributed by atoms with Crippen LogP contribution in [0.2, 0.25) is 0 Å². The number of carbonyl (C=O) groups is 1. The minimum atomic E-state index is -1.27. The van der Waals surface area contributed by atoms with E-state index in [1.54, 1.807) is 30.6 Å². The molecular formula is C27H35N3O5. The fourth-order valence-corrected chi connectivity index (χ4v) is 6.83. The number of carbonyl (C=O) groups excluding carboxylic acids is 1. The molecule has 1 aromatic heterocycles. The van der Waals surface area contributed by atoms with Crippen molar-refractivity contribution in [3.05, 3.63) is 59.0 Å². The van der Waals surface area contributed by atoms with Gasteiger partial charge in [-0.15, -0.1) is 0 Å². The molecule has 1 saturated carbocycles. The first-order valence-corrected chi connectivity index (χ1v) is 12.3. The summed E-state index contributed by atoms with van der Waals surface area (Å²) in [4.78, 5) is 19.1. The molecule has 5 rings (SSSR count). The molecule has 8 nitrogen and oxygen atoms in total. The minimum Gasteiger partial charge on any atom is -0.388 e. The minimum absolute atomic E-state index is 0.0165. The number of aromatic nitrogens is 1. The van der Waals surface area contributed by atoms with E-state index >= 15 is 0 Å². The average molecular weight is 482 g/mol. The van der Waals surface area contributed by atoms with Gasteiger partial charge in [-0.2, -0.15) is 0 Å². The molecule has 0 aliphatic heterocycles. The molecule has 5 N–H and O–H groups in total. The number of likely N-dealkylation sites (N-methyl/N-ethyl adjacent to an activating group) is 1. The molecule has 1 heterocycles. The summed E-state index contributed by atoms with van der Waals surface area (Å²) < 4.78 is 0. The van der Waals surface area contributed by atoms with Crippen LogP contribution in [0.1, 0.15) is 39.0 Å². The van der Waals surface area contributed by atoms with E-state index in [9.17, 15) is 25.2 Å². The Morgan fingerprint density at radius 3 is 2.69 bits per heavy atom.